The lowest BCUT2D eigenvalue weighted by Gasteiger charge is -2.35. The van der Waals surface area contributed by atoms with Crippen LogP contribution in [0.25, 0.3) is 0 Å². The molecule has 0 bridgehead atoms. The predicted octanol–water partition coefficient (Wildman–Crippen LogP) is -2.08. The Morgan fingerprint density at radius 1 is 1.24 bits per heavy atom. The van der Waals surface area contributed by atoms with E-state index in [-0.39, 0.29) is 18.9 Å². The number of rotatable bonds is 5. The van der Waals surface area contributed by atoms with Gasteiger partial charge in [0.25, 0.3) is 0 Å². The quantitative estimate of drug-likeness (QED) is 0.513. The standard InChI is InChI=1S/C10H19N3O4/c11-8(7-9(15)16)10(17)13-3-1-12(2-4-13)5-6-14/h8,14H,1-7,11H2,(H,15,16). The summed E-state index contributed by atoms with van der Waals surface area (Å²) in [7, 11) is 0. The molecule has 1 heterocycles. The fourth-order valence-electron chi connectivity index (χ4n) is 1.84. The van der Waals surface area contributed by atoms with E-state index in [0.717, 1.165) is 0 Å². The molecule has 1 rings (SSSR count). The Balaban J connectivity index is 2.37. The summed E-state index contributed by atoms with van der Waals surface area (Å²) >= 11 is 0. The van der Waals surface area contributed by atoms with Gasteiger partial charge in [0.05, 0.1) is 19.1 Å². The van der Waals surface area contributed by atoms with E-state index in [9.17, 15) is 9.59 Å². The Hall–Kier alpha value is -1.18. The van der Waals surface area contributed by atoms with Crippen LogP contribution in [0, 0.1) is 0 Å². The van der Waals surface area contributed by atoms with Crippen LogP contribution >= 0.6 is 0 Å². The molecule has 1 amide bonds. The Morgan fingerprint density at radius 3 is 2.29 bits per heavy atom. The monoisotopic (exact) mass is 245 g/mol. The van der Waals surface area contributed by atoms with Gasteiger partial charge in [0.15, 0.2) is 0 Å². The van der Waals surface area contributed by atoms with Gasteiger partial charge in [-0.2, -0.15) is 0 Å². The minimum atomic E-state index is -1.07. The number of carbonyl (C=O) groups excluding carboxylic acids is 1. The van der Waals surface area contributed by atoms with Crippen molar-refractivity contribution in [2.24, 2.45) is 5.73 Å². The molecule has 17 heavy (non-hydrogen) atoms. The van der Waals surface area contributed by atoms with Crippen molar-refractivity contribution in [3.05, 3.63) is 0 Å². The van der Waals surface area contributed by atoms with Gasteiger partial charge in [-0.3, -0.25) is 14.5 Å². The Labute approximate surface area is 99.8 Å². The maximum Gasteiger partial charge on any atom is 0.305 e. The first kappa shape index (κ1) is 13.9. The van der Waals surface area contributed by atoms with Crippen molar-refractivity contribution in [2.75, 3.05) is 39.3 Å². The maximum atomic E-state index is 11.8. The number of nitrogens with two attached hydrogens (primary N) is 1. The highest BCUT2D eigenvalue weighted by Crippen LogP contribution is 2.04. The lowest BCUT2D eigenvalue weighted by Crippen LogP contribution is -2.53. The minimum Gasteiger partial charge on any atom is -0.481 e. The molecule has 7 nitrogen and oxygen atoms in total. The van der Waals surface area contributed by atoms with Crippen molar-refractivity contribution in [1.29, 1.82) is 0 Å². The molecule has 1 fully saturated rings. The van der Waals surface area contributed by atoms with Crippen molar-refractivity contribution in [3.63, 3.8) is 0 Å². The Kier molecular flexibility index (Phi) is 5.33. The smallest absolute Gasteiger partial charge is 0.305 e. The Morgan fingerprint density at radius 2 is 1.82 bits per heavy atom. The number of aliphatic carboxylic acids is 1. The first-order valence-electron chi connectivity index (χ1n) is 5.64. The highest BCUT2D eigenvalue weighted by molar-refractivity contribution is 5.86. The summed E-state index contributed by atoms with van der Waals surface area (Å²) in [6, 6.07) is -0.961. The third-order valence-electron chi connectivity index (χ3n) is 2.81. The summed E-state index contributed by atoms with van der Waals surface area (Å²) in [5.41, 5.74) is 5.52. The van der Waals surface area contributed by atoms with Crippen LogP contribution in [0.5, 0.6) is 0 Å². The van der Waals surface area contributed by atoms with Crippen LogP contribution in [0.3, 0.4) is 0 Å². The van der Waals surface area contributed by atoms with Crippen LogP contribution in [0.2, 0.25) is 0 Å². The van der Waals surface area contributed by atoms with Crippen molar-refractivity contribution in [1.82, 2.24) is 9.80 Å². The third-order valence-corrected chi connectivity index (χ3v) is 2.81. The van der Waals surface area contributed by atoms with Crippen LogP contribution in [0.15, 0.2) is 0 Å². The second-order valence-corrected chi connectivity index (χ2v) is 4.09. The molecule has 7 heteroatoms. The first-order chi connectivity index (χ1) is 8.04. The van der Waals surface area contributed by atoms with Crippen LogP contribution in [-0.2, 0) is 9.59 Å². The number of carboxylic acids is 1. The maximum absolute atomic E-state index is 11.8. The molecule has 1 saturated heterocycles. The number of piperazine rings is 1. The molecule has 1 aliphatic heterocycles. The highest BCUT2D eigenvalue weighted by Gasteiger charge is 2.26. The molecule has 1 unspecified atom stereocenters. The van der Waals surface area contributed by atoms with Crippen LogP contribution in [0.1, 0.15) is 6.42 Å². The van der Waals surface area contributed by atoms with Crippen molar-refractivity contribution in [2.45, 2.75) is 12.5 Å². The molecule has 0 spiro atoms. The van der Waals surface area contributed by atoms with Gasteiger partial charge in [0, 0.05) is 32.7 Å². The summed E-state index contributed by atoms with van der Waals surface area (Å²) in [5, 5.41) is 17.3. The van der Waals surface area contributed by atoms with Gasteiger partial charge in [-0.1, -0.05) is 0 Å². The molecule has 0 aromatic carbocycles. The normalized spacial score (nSPS) is 19.1. The number of hydrogen-bond acceptors (Lipinski definition) is 5. The predicted molar refractivity (Wildman–Crippen MR) is 60.3 cm³/mol. The van der Waals surface area contributed by atoms with Crippen molar-refractivity contribution < 1.29 is 19.8 Å². The first-order valence-corrected chi connectivity index (χ1v) is 5.64. The van der Waals surface area contributed by atoms with E-state index in [2.05, 4.69) is 0 Å². The van der Waals surface area contributed by atoms with E-state index in [1.807, 2.05) is 4.90 Å². The molecule has 1 atom stereocenters. The molecular weight excluding hydrogens is 226 g/mol. The fourth-order valence-corrected chi connectivity index (χ4v) is 1.84. The van der Waals surface area contributed by atoms with Crippen molar-refractivity contribution >= 4 is 11.9 Å². The number of carboxylic acid groups (broad SMARTS) is 1. The molecule has 4 N–H and O–H groups in total. The SMILES string of the molecule is NC(CC(=O)O)C(=O)N1CCN(CCO)CC1. The van der Waals surface area contributed by atoms with E-state index in [0.29, 0.717) is 32.7 Å². The van der Waals surface area contributed by atoms with Gasteiger partial charge >= 0.3 is 5.97 Å². The molecule has 0 aliphatic carbocycles. The summed E-state index contributed by atoms with van der Waals surface area (Å²) in [6.07, 6.45) is -0.338. The lowest BCUT2D eigenvalue weighted by atomic mass is 10.2. The summed E-state index contributed by atoms with van der Waals surface area (Å²) in [5.74, 6) is -1.37. The zero-order chi connectivity index (χ0) is 12.8. The molecule has 0 aromatic rings. The zero-order valence-corrected chi connectivity index (χ0v) is 9.71. The lowest BCUT2D eigenvalue weighted by molar-refractivity contribution is -0.142. The molecule has 0 saturated carbocycles. The van der Waals surface area contributed by atoms with Gasteiger partial charge in [0.1, 0.15) is 0 Å². The van der Waals surface area contributed by atoms with Crippen LogP contribution in [0.4, 0.5) is 0 Å². The van der Waals surface area contributed by atoms with Gasteiger partial charge in [0.2, 0.25) is 5.91 Å². The minimum absolute atomic E-state index is 0.104. The number of hydrogen-bond donors (Lipinski definition) is 3. The number of aliphatic hydroxyl groups is 1. The second-order valence-electron chi connectivity index (χ2n) is 4.09. The average molecular weight is 245 g/mol. The van der Waals surface area contributed by atoms with E-state index in [4.69, 9.17) is 15.9 Å². The van der Waals surface area contributed by atoms with Crippen molar-refractivity contribution in [3.8, 4) is 0 Å². The number of β-amino-alcohol motifs (C(OH)–C–C–N with tert-alkyl or cyclic N) is 1. The average Bonchev–Trinajstić information content (AvgIpc) is 2.28. The van der Waals surface area contributed by atoms with Gasteiger partial charge in [-0.15, -0.1) is 0 Å². The fraction of sp³-hybridized carbons (Fsp3) is 0.800. The number of amides is 1. The van der Waals surface area contributed by atoms with Gasteiger partial charge in [-0.05, 0) is 0 Å². The van der Waals surface area contributed by atoms with E-state index < -0.39 is 12.0 Å². The largest absolute Gasteiger partial charge is 0.481 e. The topological polar surface area (TPSA) is 107 Å². The molecule has 0 radical (unpaired) electrons. The van der Waals surface area contributed by atoms with E-state index >= 15 is 0 Å². The number of carbonyl (C=O) groups is 2. The van der Waals surface area contributed by atoms with E-state index in [1.54, 1.807) is 4.90 Å². The van der Waals surface area contributed by atoms with Crippen LogP contribution in [-0.4, -0.2) is 77.3 Å². The number of aliphatic hydroxyl groups excluding tert-OH is 1. The van der Waals surface area contributed by atoms with Gasteiger partial charge in [-0.25, -0.2) is 0 Å². The molecule has 1 aliphatic rings. The summed E-state index contributed by atoms with van der Waals surface area (Å²) in [4.78, 5) is 25.8. The Bertz CT molecular complexity index is 277. The van der Waals surface area contributed by atoms with Crippen LogP contribution < -0.4 is 5.73 Å². The molecule has 0 aromatic heterocycles. The second kappa shape index (κ2) is 6.53. The third kappa shape index (κ3) is 4.29. The summed E-state index contributed by atoms with van der Waals surface area (Å²) in [6.45, 7) is 3.15. The number of nitrogens with zero attached hydrogens (tertiary/aromatic N) is 2. The molecular formula is C10H19N3O4. The highest BCUT2D eigenvalue weighted by atomic mass is 16.4. The zero-order valence-electron chi connectivity index (χ0n) is 9.71. The molecule has 98 valence electrons. The summed E-state index contributed by atoms with van der Waals surface area (Å²) < 4.78 is 0. The van der Waals surface area contributed by atoms with E-state index in [1.165, 1.54) is 0 Å². The van der Waals surface area contributed by atoms with Gasteiger partial charge < -0.3 is 20.8 Å².